The predicted octanol–water partition coefficient (Wildman–Crippen LogP) is 2.95. The molecule has 3 nitrogen and oxygen atoms in total. The molecule has 0 spiro atoms. The molecule has 0 N–H and O–H groups in total. The maximum absolute atomic E-state index is 11.8. The van der Waals surface area contributed by atoms with Gasteiger partial charge in [0.25, 0.3) is 0 Å². The van der Waals surface area contributed by atoms with Gasteiger partial charge >= 0.3 is 0 Å². The second kappa shape index (κ2) is 4.80. The van der Waals surface area contributed by atoms with Gasteiger partial charge in [-0.05, 0) is 23.4 Å². The predicted molar refractivity (Wildman–Crippen MR) is 65.2 cm³/mol. The van der Waals surface area contributed by atoms with Crippen LogP contribution in [0.3, 0.4) is 0 Å². The molecular formula is C11H11ClN2OS. The van der Waals surface area contributed by atoms with Gasteiger partial charge in [-0.3, -0.25) is 9.48 Å². The van der Waals surface area contributed by atoms with E-state index in [-0.39, 0.29) is 5.78 Å². The van der Waals surface area contributed by atoms with E-state index in [0.717, 1.165) is 5.56 Å². The van der Waals surface area contributed by atoms with E-state index < -0.39 is 0 Å². The average molecular weight is 255 g/mol. The lowest BCUT2D eigenvalue weighted by molar-refractivity contribution is 0.0987. The van der Waals surface area contributed by atoms with Gasteiger partial charge in [0.1, 0.15) is 0 Å². The maximum atomic E-state index is 11.8. The summed E-state index contributed by atoms with van der Waals surface area (Å²) in [6.45, 7) is 0. The summed E-state index contributed by atoms with van der Waals surface area (Å²) in [5, 5.41) is 6.45. The summed E-state index contributed by atoms with van der Waals surface area (Å²) in [6.07, 6.45) is 4.89. The maximum Gasteiger partial charge on any atom is 0.174 e. The molecule has 5 heteroatoms. The number of Topliss-reactive ketones (excluding diaryl/α,β-unsaturated/α-hetero) is 1. The average Bonchev–Trinajstić information content (AvgIpc) is 2.84. The number of ketones is 1. The number of carbonyl (C=O) groups is 1. The summed E-state index contributed by atoms with van der Waals surface area (Å²) < 4.78 is 1.73. The van der Waals surface area contributed by atoms with Crippen LogP contribution in [0.25, 0.3) is 0 Å². The highest BCUT2D eigenvalue weighted by Crippen LogP contribution is 2.23. The van der Waals surface area contributed by atoms with Gasteiger partial charge in [-0.1, -0.05) is 11.6 Å². The molecule has 0 atom stereocenters. The summed E-state index contributed by atoms with van der Waals surface area (Å²) in [5.74, 6) is 0.101. The molecule has 0 bridgehead atoms. The van der Waals surface area contributed by atoms with Crippen LogP contribution in [0.15, 0.2) is 23.8 Å². The SMILES string of the molecule is Cn1cc(CCC(=O)c2sccc2Cl)cn1. The first-order valence-corrected chi connectivity index (χ1v) is 6.16. The third kappa shape index (κ3) is 2.51. The second-order valence-corrected chi connectivity index (χ2v) is 4.87. The van der Waals surface area contributed by atoms with Gasteiger partial charge < -0.3 is 0 Å². The van der Waals surface area contributed by atoms with Crippen molar-refractivity contribution in [3.05, 3.63) is 39.3 Å². The van der Waals surface area contributed by atoms with Gasteiger partial charge in [-0.25, -0.2) is 0 Å². The second-order valence-electron chi connectivity index (χ2n) is 3.54. The molecule has 2 aromatic rings. The van der Waals surface area contributed by atoms with Crippen molar-refractivity contribution in [2.24, 2.45) is 7.05 Å². The van der Waals surface area contributed by atoms with Gasteiger partial charge in [-0.2, -0.15) is 5.10 Å². The van der Waals surface area contributed by atoms with Gasteiger partial charge in [0.2, 0.25) is 0 Å². The molecule has 0 unspecified atom stereocenters. The number of aromatic nitrogens is 2. The quantitative estimate of drug-likeness (QED) is 0.787. The van der Waals surface area contributed by atoms with Crippen LogP contribution in [0.5, 0.6) is 0 Å². The zero-order valence-electron chi connectivity index (χ0n) is 8.81. The Morgan fingerprint density at radius 3 is 3.00 bits per heavy atom. The highest BCUT2D eigenvalue weighted by atomic mass is 35.5. The Labute approximate surface area is 103 Å². The van der Waals surface area contributed by atoms with Crippen molar-refractivity contribution in [1.82, 2.24) is 9.78 Å². The van der Waals surface area contributed by atoms with Crippen molar-refractivity contribution in [3.63, 3.8) is 0 Å². The molecule has 0 aliphatic carbocycles. The molecule has 2 aromatic heterocycles. The van der Waals surface area contributed by atoms with E-state index in [4.69, 9.17) is 11.6 Å². The normalized spacial score (nSPS) is 10.6. The number of thiophene rings is 1. The Bertz CT molecular complexity index is 504. The van der Waals surface area contributed by atoms with E-state index in [1.165, 1.54) is 11.3 Å². The minimum atomic E-state index is 0.101. The number of hydrogen-bond acceptors (Lipinski definition) is 3. The number of halogens is 1. The fraction of sp³-hybridized carbons (Fsp3) is 0.273. The first-order valence-electron chi connectivity index (χ1n) is 4.90. The number of hydrogen-bond donors (Lipinski definition) is 0. The molecular weight excluding hydrogens is 244 g/mol. The molecule has 0 radical (unpaired) electrons. The van der Waals surface area contributed by atoms with Gasteiger partial charge in [0.05, 0.1) is 16.1 Å². The largest absolute Gasteiger partial charge is 0.293 e. The number of rotatable bonds is 4. The van der Waals surface area contributed by atoms with Crippen LogP contribution in [-0.2, 0) is 13.5 Å². The van der Waals surface area contributed by atoms with E-state index in [1.54, 1.807) is 16.9 Å². The Hall–Kier alpha value is -1.13. The summed E-state index contributed by atoms with van der Waals surface area (Å²) in [5.41, 5.74) is 1.07. The van der Waals surface area contributed by atoms with Crippen LogP contribution in [0.1, 0.15) is 21.7 Å². The third-order valence-electron chi connectivity index (χ3n) is 2.27. The molecule has 2 rings (SSSR count). The lowest BCUT2D eigenvalue weighted by Crippen LogP contribution is -1.98. The van der Waals surface area contributed by atoms with Gasteiger partial charge in [0, 0.05) is 19.7 Å². The topological polar surface area (TPSA) is 34.9 Å². The molecule has 0 aliphatic heterocycles. The minimum Gasteiger partial charge on any atom is -0.293 e. The zero-order chi connectivity index (χ0) is 11.5. The molecule has 2 heterocycles. The van der Waals surface area contributed by atoms with Crippen molar-refractivity contribution in [2.45, 2.75) is 12.8 Å². The van der Waals surface area contributed by atoms with Crippen molar-refractivity contribution in [3.8, 4) is 0 Å². The molecule has 0 aliphatic rings. The summed E-state index contributed by atoms with van der Waals surface area (Å²) in [4.78, 5) is 12.5. The Kier molecular flexibility index (Phi) is 3.41. The summed E-state index contributed by atoms with van der Waals surface area (Å²) in [6, 6.07) is 1.75. The number of nitrogens with zero attached hydrogens (tertiary/aromatic N) is 2. The summed E-state index contributed by atoms with van der Waals surface area (Å²) in [7, 11) is 1.86. The van der Waals surface area contributed by atoms with E-state index >= 15 is 0 Å². The Morgan fingerprint density at radius 1 is 1.62 bits per heavy atom. The van der Waals surface area contributed by atoms with Crippen molar-refractivity contribution in [1.29, 1.82) is 0 Å². The standard InChI is InChI=1S/C11H11ClN2OS/c1-14-7-8(6-13-14)2-3-10(15)11-9(12)4-5-16-11/h4-7H,2-3H2,1H3. The van der Waals surface area contributed by atoms with Crippen LogP contribution >= 0.6 is 22.9 Å². The fourth-order valence-corrected chi connectivity index (χ4v) is 2.60. The van der Waals surface area contributed by atoms with Crippen LogP contribution in [0.4, 0.5) is 0 Å². The van der Waals surface area contributed by atoms with Gasteiger partial charge in [0.15, 0.2) is 5.78 Å². The molecule has 84 valence electrons. The summed E-state index contributed by atoms with van der Waals surface area (Å²) >= 11 is 7.29. The van der Waals surface area contributed by atoms with Crippen molar-refractivity contribution in [2.75, 3.05) is 0 Å². The highest BCUT2D eigenvalue weighted by Gasteiger charge is 2.11. The molecule has 0 fully saturated rings. The lowest BCUT2D eigenvalue weighted by atomic mass is 10.1. The Morgan fingerprint density at radius 2 is 2.44 bits per heavy atom. The first kappa shape index (κ1) is 11.4. The Balaban J connectivity index is 1.96. The van der Waals surface area contributed by atoms with Gasteiger partial charge in [-0.15, -0.1) is 11.3 Å². The van der Waals surface area contributed by atoms with E-state index in [2.05, 4.69) is 5.10 Å². The molecule has 0 saturated carbocycles. The minimum absolute atomic E-state index is 0.101. The van der Waals surface area contributed by atoms with Crippen LogP contribution < -0.4 is 0 Å². The van der Waals surface area contributed by atoms with Crippen molar-refractivity contribution < 1.29 is 4.79 Å². The van der Waals surface area contributed by atoms with Crippen LogP contribution in [0.2, 0.25) is 5.02 Å². The number of carbonyl (C=O) groups excluding carboxylic acids is 1. The van der Waals surface area contributed by atoms with Crippen LogP contribution in [0, 0.1) is 0 Å². The van der Waals surface area contributed by atoms with Crippen LogP contribution in [-0.4, -0.2) is 15.6 Å². The highest BCUT2D eigenvalue weighted by molar-refractivity contribution is 7.12. The van der Waals surface area contributed by atoms with E-state index in [9.17, 15) is 4.79 Å². The fourth-order valence-electron chi connectivity index (χ4n) is 1.47. The molecule has 0 amide bonds. The monoisotopic (exact) mass is 254 g/mol. The first-order chi connectivity index (χ1) is 7.66. The smallest absolute Gasteiger partial charge is 0.174 e. The lowest BCUT2D eigenvalue weighted by Gasteiger charge is -1.97. The molecule has 0 saturated heterocycles. The van der Waals surface area contributed by atoms with E-state index in [1.807, 2.05) is 18.6 Å². The van der Waals surface area contributed by atoms with E-state index in [0.29, 0.717) is 22.7 Å². The zero-order valence-corrected chi connectivity index (χ0v) is 10.4. The number of aryl methyl sites for hydroxylation is 2. The molecule has 0 aromatic carbocycles. The molecule has 16 heavy (non-hydrogen) atoms. The third-order valence-corrected chi connectivity index (χ3v) is 3.65. The van der Waals surface area contributed by atoms with Crippen molar-refractivity contribution >= 4 is 28.7 Å².